The summed E-state index contributed by atoms with van der Waals surface area (Å²) in [4.78, 5) is 7.90. The lowest BCUT2D eigenvalue weighted by Gasteiger charge is -1.97. The van der Waals surface area contributed by atoms with Crippen molar-refractivity contribution in [3.8, 4) is 0 Å². The van der Waals surface area contributed by atoms with E-state index in [4.69, 9.17) is 5.73 Å². The number of anilines is 1. The van der Waals surface area contributed by atoms with Crippen LogP contribution in [-0.4, -0.2) is 9.97 Å². The predicted molar refractivity (Wildman–Crippen MR) is 57.2 cm³/mol. The molecule has 1 aliphatic rings. The van der Waals surface area contributed by atoms with Crippen LogP contribution in [0.2, 0.25) is 0 Å². The van der Waals surface area contributed by atoms with Gasteiger partial charge in [0, 0.05) is 11.6 Å². The van der Waals surface area contributed by atoms with Crippen molar-refractivity contribution in [2.45, 2.75) is 25.7 Å². The Morgan fingerprint density at radius 1 is 1.43 bits per heavy atom. The summed E-state index contributed by atoms with van der Waals surface area (Å²) in [6.07, 6.45) is 2.54. The lowest BCUT2D eigenvalue weighted by atomic mass is 10.2. The smallest absolute Gasteiger partial charge is 0.110 e. The summed E-state index contributed by atoms with van der Waals surface area (Å²) in [5.74, 6) is 1.80. The monoisotopic (exact) mass is 187 g/mol. The van der Waals surface area contributed by atoms with E-state index in [2.05, 4.69) is 16.0 Å². The standard InChI is InChI=1S/C11H13N3/c1-6-4-9-10(5-8(6)12)14-11(13-9)7-2-3-7/h4-5,7H,2-3,12H2,1H3,(H,13,14). The quantitative estimate of drug-likeness (QED) is 0.673. The van der Waals surface area contributed by atoms with Gasteiger partial charge < -0.3 is 10.7 Å². The van der Waals surface area contributed by atoms with E-state index >= 15 is 0 Å². The van der Waals surface area contributed by atoms with Crippen LogP contribution < -0.4 is 5.73 Å². The zero-order valence-electron chi connectivity index (χ0n) is 8.17. The summed E-state index contributed by atoms with van der Waals surface area (Å²) < 4.78 is 0. The molecule has 2 aromatic rings. The molecule has 1 aromatic heterocycles. The van der Waals surface area contributed by atoms with E-state index in [0.29, 0.717) is 5.92 Å². The zero-order chi connectivity index (χ0) is 9.71. The van der Waals surface area contributed by atoms with Crippen molar-refractivity contribution in [2.24, 2.45) is 0 Å². The Kier molecular flexibility index (Phi) is 1.40. The van der Waals surface area contributed by atoms with Gasteiger partial charge in [0.25, 0.3) is 0 Å². The first-order chi connectivity index (χ1) is 6.74. The maximum absolute atomic E-state index is 5.83. The van der Waals surface area contributed by atoms with Crippen LogP contribution in [0.5, 0.6) is 0 Å². The molecule has 3 rings (SSSR count). The van der Waals surface area contributed by atoms with Gasteiger partial charge in [-0.15, -0.1) is 0 Å². The Morgan fingerprint density at radius 2 is 2.21 bits per heavy atom. The normalized spacial score (nSPS) is 16.4. The van der Waals surface area contributed by atoms with Gasteiger partial charge >= 0.3 is 0 Å². The van der Waals surface area contributed by atoms with Gasteiger partial charge in [-0.25, -0.2) is 4.98 Å². The maximum atomic E-state index is 5.83. The summed E-state index contributed by atoms with van der Waals surface area (Å²) in [6, 6.07) is 4.02. The predicted octanol–water partition coefficient (Wildman–Crippen LogP) is 2.33. The number of aromatic amines is 1. The number of fused-ring (bicyclic) bond motifs is 1. The molecule has 0 aliphatic heterocycles. The molecule has 0 radical (unpaired) electrons. The molecule has 1 aliphatic carbocycles. The third-order valence-electron chi connectivity index (χ3n) is 2.85. The van der Waals surface area contributed by atoms with E-state index < -0.39 is 0 Å². The van der Waals surface area contributed by atoms with Gasteiger partial charge in [0.05, 0.1) is 11.0 Å². The molecular weight excluding hydrogens is 174 g/mol. The molecular formula is C11H13N3. The van der Waals surface area contributed by atoms with E-state index in [0.717, 1.165) is 28.1 Å². The molecule has 1 saturated carbocycles. The molecule has 0 bridgehead atoms. The molecule has 3 N–H and O–H groups in total. The van der Waals surface area contributed by atoms with Gasteiger partial charge in [0.2, 0.25) is 0 Å². The first-order valence-electron chi connectivity index (χ1n) is 5.00. The van der Waals surface area contributed by atoms with Crippen LogP contribution in [0.3, 0.4) is 0 Å². The minimum absolute atomic E-state index is 0.670. The van der Waals surface area contributed by atoms with Crippen molar-refractivity contribution in [1.82, 2.24) is 9.97 Å². The molecule has 0 saturated heterocycles. The molecule has 0 unspecified atom stereocenters. The number of rotatable bonds is 1. The second kappa shape index (κ2) is 2.50. The average Bonchev–Trinajstić information content (AvgIpc) is 2.90. The molecule has 0 spiro atoms. The molecule has 1 heterocycles. The van der Waals surface area contributed by atoms with Crippen molar-refractivity contribution in [1.29, 1.82) is 0 Å². The zero-order valence-corrected chi connectivity index (χ0v) is 8.17. The minimum Gasteiger partial charge on any atom is -0.398 e. The number of nitrogens with two attached hydrogens (primary N) is 1. The van der Waals surface area contributed by atoms with Crippen LogP contribution in [-0.2, 0) is 0 Å². The highest BCUT2D eigenvalue weighted by atomic mass is 14.9. The van der Waals surface area contributed by atoms with E-state index in [9.17, 15) is 0 Å². The average molecular weight is 187 g/mol. The molecule has 3 heteroatoms. The minimum atomic E-state index is 0.670. The number of hydrogen-bond acceptors (Lipinski definition) is 2. The maximum Gasteiger partial charge on any atom is 0.110 e. The number of hydrogen-bond donors (Lipinski definition) is 2. The Balaban J connectivity index is 2.22. The Hall–Kier alpha value is -1.51. The van der Waals surface area contributed by atoms with Gasteiger partial charge in [-0.05, 0) is 37.5 Å². The molecule has 0 amide bonds. The van der Waals surface area contributed by atoms with Gasteiger partial charge in [-0.1, -0.05) is 0 Å². The van der Waals surface area contributed by atoms with Gasteiger partial charge in [0.15, 0.2) is 0 Å². The Labute approximate surface area is 82.3 Å². The van der Waals surface area contributed by atoms with Crippen LogP contribution >= 0.6 is 0 Å². The summed E-state index contributed by atoms with van der Waals surface area (Å²) >= 11 is 0. The molecule has 1 fully saturated rings. The lowest BCUT2D eigenvalue weighted by Crippen LogP contribution is -1.88. The number of aryl methyl sites for hydroxylation is 1. The SMILES string of the molecule is Cc1cc2[nH]c(C3CC3)nc2cc1N. The number of nitrogens with one attached hydrogen (secondary N) is 1. The molecule has 0 atom stereocenters. The van der Waals surface area contributed by atoms with E-state index in [-0.39, 0.29) is 0 Å². The number of aromatic nitrogens is 2. The van der Waals surface area contributed by atoms with Crippen LogP contribution in [0.1, 0.15) is 30.1 Å². The molecule has 14 heavy (non-hydrogen) atoms. The second-order valence-electron chi connectivity index (χ2n) is 4.12. The Bertz CT molecular complexity index is 455. The van der Waals surface area contributed by atoms with E-state index in [1.807, 2.05) is 13.0 Å². The molecule has 1 aromatic carbocycles. The summed E-state index contributed by atoms with van der Waals surface area (Å²) in [5, 5.41) is 0. The first-order valence-corrected chi connectivity index (χ1v) is 5.00. The number of nitrogen functional groups attached to an aromatic ring is 1. The third kappa shape index (κ3) is 1.09. The van der Waals surface area contributed by atoms with Gasteiger partial charge in [-0.2, -0.15) is 0 Å². The van der Waals surface area contributed by atoms with Gasteiger partial charge in [0.1, 0.15) is 5.82 Å². The van der Waals surface area contributed by atoms with Crippen molar-refractivity contribution in [3.63, 3.8) is 0 Å². The number of imidazole rings is 1. The van der Waals surface area contributed by atoms with Crippen molar-refractivity contribution in [3.05, 3.63) is 23.5 Å². The van der Waals surface area contributed by atoms with Crippen molar-refractivity contribution in [2.75, 3.05) is 5.73 Å². The number of nitrogens with zero attached hydrogens (tertiary/aromatic N) is 1. The van der Waals surface area contributed by atoms with Crippen LogP contribution in [0, 0.1) is 6.92 Å². The van der Waals surface area contributed by atoms with E-state index in [1.165, 1.54) is 12.8 Å². The van der Waals surface area contributed by atoms with Crippen LogP contribution in [0.25, 0.3) is 11.0 Å². The molecule has 72 valence electrons. The highest BCUT2D eigenvalue weighted by molar-refractivity contribution is 5.80. The first kappa shape index (κ1) is 7.85. The van der Waals surface area contributed by atoms with Crippen molar-refractivity contribution >= 4 is 16.7 Å². The summed E-state index contributed by atoms with van der Waals surface area (Å²) in [5.41, 5.74) is 9.88. The highest BCUT2D eigenvalue weighted by Gasteiger charge is 2.26. The summed E-state index contributed by atoms with van der Waals surface area (Å²) in [6.45, 7) is 2.02. The number of benzene rings is 1. The largest absolute Gasteiger partial charge is 0.398 e. The van der Waals surface area contributed by atoms with Crippen LogP contribution in [0.15, 0.2) is 12.1 Å². The second-order valence-corrected chi connectivity index (χ2v) is 4.12. The van der Waals surface area contributed by atoms with Crippen LogP contribution in [0.4, 0.5) is 5.69 Å². The summed E-state index contributed by atoms with van der Waals surface area (Å²) in [7, 11) is 0. The highest BCUT2D eigenvalue weighted by Crippen LogP contribution is 2.39. The van der Waals surface area contributed by atoms with Crippen molar-refractivity contribution < 1.29 is 0 Å². The van der Waals surface area contributed by atoms with E-state index in [1.54, 1.807) is 0 Å². The molecule has 3 nitrogen and oxygen atoms in total. The third-order valence-corrected chi connectivity index (χ3v) is 2.85. The fourth-order valence-electron chi connectivity index (χ4n) is 1.75. The number of H-pyrrole nitrogens is 1. The fourth-order valence-corrected chi connectivity index (χ4v) is 1.75. The lowest BCUT2D eigenvalue weighted by molar-refractivity contribution is 0.986. The Morgan fingerprint density at radius 3 is 2.93 bits per heavy atom. The fraction of sp³-hybridized carbons (Fsp3) is 0.364. The van der Waals surface area contributed by atoms with Gasteiger partial charge in [-0.3, -0.25) is 0 Å². The topological polar surface area (TPSA) is 54.7 Å².